The first-order chi connectivity index (χ1) is 9.58. The Morgan fingerprint density at radius 3 is 2.65 bits per heavy atom. The molecule has 1 aromatic heterocycles. The van der Waals surface area contributed by atoms with Gasteiger partial charge in [-0.3, -0.25) is 4.79 Å². The van der Waals surface area contributed by atoms with Gasteiger partial charge in [0.15, 0.2) is 0 Å². The average Bonchev–Trinajstić information content (AvgIpc) is 2.78. The molecule has 1 amide bonds. The van der Waals surface area contributed by atoms with Gasteiger partial charge in [-0.05, 0) is 34.1 Å². The topological polar surface area (TPSA) is 34.5 Å². The number of carbonyl (C=O) groups is 1. The van der Waals surface area contributed by atoms with E-state index in [4.69, 9.17) is 4.74 Å². The second-order valence-corrected chi connectivity index (χ2v) is 5.46. The lowest BCUT2D eigenvalue weighted by molar-refractivity contribution is 0.0764. The summed E-state index contributed by atoms with van der Waals surface area (Å²) in [5, 5.41) is 0. The molecule has 0 N–H and O–H groups in total. The zero-order chi connectivity index (χ0) is 14.5. The smallest absolute Gasteiger partial charge is 0.270 e. The van der Waals surface area contributed by atoms with Gasteiger partial charge in [-0.25, -0.2) is 0 Å². The molecule has 0 spiro atoms. The van der Waals surface area contributed by atoms with E-state index in [0.717, 1.165) is 10.2 Å². The Kier molecular flexibility index (Phi) is 4.84. The fourth-order valence-electron chi connectivity index (χ4n) is 1.85. The van der Waals surface area contributed by atoms with Gasteiger partial charge in [0.05, 0.1) is 6.54 Å². The molecule has 0 saturated heterocycles. The van der Waals surface area contributed by atoms with Crippen LogP contribution in [0.3, 0.4) is 0 Å². The summed E-state index contributed by atoms with van der Waals surface area (Å²) in [5.74, 6) is 0.796. The van der Waals surface area contributed by atoms with Crippen LogP contribution in [0, 0.1) is 0 Å². The van der Waals surface area contributed by atoms with Crippen molar-refractivity contribution in [3.63, 3.8) is 0 Å². The maximum absolute atomic E-state index is 12.2. The zero-order valence-corrected chi connectivity index (χ0v) is 13.1. The third-order valence-corrected chi connectivity index (χ3v) is 3.41. The molecule has 5 heteroatoms. The van der Waals surface area contributed by atoms with Crippen LogP contribution < -0.4 is 4.74 Å². The summed E-state index contributed by atoms with van der Waals surface area (Å²) < 4.78 is 8.29. The van der Waals surface area contributed by atoms with Crippen LogP contribution in [-0.4, -0.2) is 35.6 Å². The van der Waals surface area contributed by atoms with E-state index in [-0.39, 0.29) is 5.91 Å². The molecule has 1 heterocycles. The van der Waals surface area contributed by atoms with Crippen LogP contribution in [0.25, 0.3) is 0 Å². The quantitative estimate of drug-likeness (QED) is 0.841. The lowest BCUT2D eigenvalue weighted by Crippen LogP contribution is -2.32. The Balaban J connectivity index is 1.87. The van der Waals surface area contributed by atoms with Crippen LogP contribution in [0.4, 0.5) is 0 Å². The standard InChI is InChI=1S/C15H17BrN2O2/c1-17(8-9-20-13-6-4-3-5-7-13)15(19)14-10-12(16)11-18(14)2/h3-7,10-11H,8-9H2,1-2H3. The lowest BCUT2D eigenvalue weighted by atomic mass is 10.3. The summed E-state index contributed by atoms with van der Waals surface area (Å²) in [6, 6.07) is 11.4. The summed E-state index contributed by atoms with van der Waals surface area (Å²) in [4.78, 5) is 13.9. The highest BCUT2D eigenvalue weighted by molar-refractivity contribution is 9.10. The van der Waals surface area contributed by atoms with Gasteiger partial charge in [0.2, 0.25) is 0 Å². The Hall–Kier alpha value is -1.75. The minimum atomic E-state index is -0.0186. The first kappa shape index (κ1) is 14.7. The lowest BCUT2D eigenvalue weighted by Gasteiger charge is -2.17. The maximum Gasteiger partial charge on any atom is 0.270 e. The van der Waals surface area contributed by atoms with Crippen molar-refractivity contribution in [2.75, 3.05) is 20.2 Å². The van der Waals surface area contributed by atoms with Crippen molar-refractivity contribution >= 4 is 21.8 Å². The van der Waals surface area contributed by atoms with Gasteiger partial charge in [-0.2, -0.15) is 0 Å². The summed E-state index contributed by atoms with van der Waals surface area (Å²) in [7, 11) is 3.63. The normalized spacial score (nSPS) is 10.3. The van der Waals surface area contributed by atoms with Crippen molar-refractivity contribution in [1.82, 2.24) is 9.47 Å². The van der Waals surface area contributed by atoms with Crippen LogP contribution in [0.1, 0.15) is 10.5 Å². The number of ether oxygens (including phenoxy) is 1. The number of aromatic nitrogens is 1. The summed E-state index contributed by atoms with van der Waals surface area (Å²) >= 11 is 3.37. The minimum Gasteiger partial charge on any atom is -0.492 e. The van der Waals surface area contributed by atoms with E-state index in [9.17, 15) is 4.79 Å². The number of halogens is 1. The van der Waals surface area contributed by atoms with E-state index >= 15 is 0 Å². The van der Waals surface area contributed by atoms with E-state index in [1.54, 1.807) is 16.5 Å². The van der Waals surface area contributed by atoms with E-state index in [0.29, 0.717) is 18.8 Å². The number of hydrogen-bond acceptors (Lipinski definition) is 2. The molecule has 0 radical (unpaired) electrons. The molecule has 0 bridgehead atoms. The predicted molar refractivity (Wildman–Crippen MR) is 82.0 cm³/mol. The molecule has 2 aromatic rings. The number of carbonyl (C=O) groups excluding carboxylic acids is 1. The average molecular weight is 337 g/mol. The van der Waals surface area contributed by atoms with Gasteiger partial charge in [0.25, 0.3) is 5.91 Å². The summed E-state index contributed by atoms with van der Waals surface area (Å²) in [6.07, 6.45) is 1.86. The summed E-state index contributed by atoms with van der Waals surface area (Å²) in [6.45, 7) is 1.01. The molecule has 0 aliphatic heterocycles. The molecular weight excluding hydrogens is 320 g/mol. The molecular formula is C15H17BrN2O2. The number of nitrogens with zero attached hydrogens (tertiary/aromatic N) is 2. The maximum atomic E-state index is 12.2. The Morgan fingerprint density at radius 1 is 1.35 bits per heavy atom. The molecule has 0 saturated carbocycles. The van der Waals surface area contributed by atoms with Gasteiger partial charge in [-0.1, -0.05) is 18.2 Å². The SMILES string of the molecule is CN(CCOc1ccccc1)C(=O)c1cc(Br)cn1C. The van der Waals surface area contributed by atoms with Crippen molar-refractivity contribution in [1.29, 1.82) is 0 Å². The molecule has 0 unspecified atom stereocenters. The fraction of sp³-hybridized carbons (Fsp3) is 0.267. The third-order valence-electron chi connectivity index (χ3n) is 2.98. The van der Waals surface area contributed by atoms with Crippen molar-refractivity contribution in [3.05, 3.63) is 52.8 Å². The van der Waals surface area contributed by atoms with Gasteiger partial charge in [0.1, 0.15) is 18.1 Å². The van der Waals surface area contributed by atoms with E-state index < -0.39 is 0 Å². The molecule has 0 atom stereocenters. The number of amides is 1. The number of aryl methyl sites for hydroxylation is 1. The van der Waals surface area contributed by atoms with Crippen molar-refractivity contribution in [2.45, 2.75) is 0 Å². The first-order valence-corrected chi connectivity index (χ1v) is 7.12. The second kappa shape index (κ2) is 6.61. The Morgan fingerprint density at radius 2 is 2.05 bits per heavy atom. The van der Waals surface area contributed by atoms with Crippen molar-refractivity contribution in [2.24, 2.45) is 7.05 Å². The minimum absolute atomic E-state index is 0.0186. The number of hydrogen-bond donors (Lipinski definition) is 0. The van der Waals surface area contributed by atoms with Crippen molar-refractivity contribution < 1.29 is 9.53 Å². The number of likely N-dealkylation sites (N-methyl/N-ethyl adjacent to an activating group) is 1. The number of benzene rings is 1. The third kappa shape index (κ3) is 3.63. The molecule has 0 aliphatic rings. The molecule has 4 nitrogen and oxygen atoms in total. The highest BCUT2D eigenvalue weighted by Gasteiger charge is 2.15. The number of rotatable bonds is 5. The zero-order valence-electron chi connectivity index (χ0n) is 11.5. The van der Waals surface area contributed by atoms with Gasteiger partial charge in [-0.15, -0.1) is 0 Å². The molecule has 20 heavy (non-hydrogen) atoms. The number of para-hydroxylation sites is 1. The largest absolute Gasteiger partial charge is 0.492 e. The van der Waals surface area contributed by atoms with Crippen LogP contribution in [-0.2, 0) is 7.05 Å². The van der Waals surface area contributed by atoms with Crippen LogP contribution in [0.2, 0.25) is 0 Å². The molecule has 106 valence electrons. The molecule has 0 aliphatic carbocycles. The van der Waals surface area contributed by atoms with Crippen LogP contribution in [0.5, 0.6) is 5.75 Å². The second-order valence-electron chi connectivity index (χ2n) is 4.54. The predicted octanol–water partition coefficient (Wildman–Crippen LogP) is 2.94. The fourth-order valence-corrected chi connectivity index (χ4v) is 2.38. The molecule has 0 fully saturated rings. The monoisotopic (exact) mass is 336 g/mol. The highest BCUT2D eigenvalue weighted by atomic mass is 79.9. The highest BCUT2D eigenvalue weighted by Crippen LogP contribution is 2.15. The van der Waals surface area contributed by atoms with Crippen molar-refractivity contribution in [3.8, 4) is 5.75 Å². The summed E-state index contributed by atoms with van der Waals surface area (Å²) in [5.41, 5.74) is 0.652. The molecule has 1 aromatic carbocycles. The van der Waals surface area contributed by atoms with Gasteiger partial charge in [0, 0.05) is 24.8 Å². The van der Waals surface area contributed by atoms with E-state index in [1.807, 2.05) is 49.6 Å². The van der Waals surface area contributed by atoms with Gasteiger partial charge >= 0.3 is 0 Å². The Bertz CT molecular complexity index is 581. The molecule has 2 rings (SSSR count). The first-order valence-electron chi connectivity index (χ1n) is 6.33. The van der Waals surface area contributed by atoms with E-state index in [2.05, 4.69) is 15.9 Å². The van der Waals surface area contributed by atoms with Gasteiger partial charge < -0.3 is 14.2 Å². The van der Waals surface area contributed by atoms with Crippen LogP contribution in [0.15, 0.2) is 47.1 Å². The Labute approximate surface area is 127 Å². The van der Waals surface area contributed by atoms with Crippen LogP contribution >= 0.6 is 15.9 Å². The van der Waals surface area contributed by atoms with E-state index in [1.165, 1.54) is 0 Å².